The highest BCUT2D eigenvalue weighted by Gasteiger charge is 2.24. The molecule has 1 N–H and O–H groups in total. The molecule has 0 radical (unpaired) electrons. The highest BCUT2D eigenvalue weighted by Crippen LogP contribution is 2.32. The van der Waals surface area contributed by atoms with Crippen molar-refractivity contribution < 1.29 is 4.74 Å². The number of aryl methyl sites for hydroxylation is 1. The summed E-state index contributed by atoms with van der Waals surface area (Å²) in [5.74, 6) is 2.90. The lowest BCUT2D eigenvalue weighted by molar-refractivity contribution is 0.280. The molecule has 0 aromatic heterocycles. The Morgan fingerprint density at radius 1 is 1.32 bits per heavy atom. The van der Waals surface area contributed by atoms with Crippen LogP contribution in [-0.2, 0) is 13.1 Å². The van der Waals surface area contributed by atoms with Gasteiger partial charge < -0.3 is 10.1 Å². The summed E-state index contributed by atoms with van der Waals surface area (Å²) in [5, 5.41) is 3.36. The van der Waals surface area contributed by atoms with Crippen LogP contribution < -0.4 is 10.1 Å². The van der Waals surface area contributed by atoms with Crippen LogP contribution in [0.2, 0.25) is 0 Å². The van der Waals surface area contributed by atoms with Crippen LogP contribution in [0.15, 0.2) is 17.1 Å². The Hall–Kier alpha value is -1.55. The lowest BCUT2D eigenvalue weighted by Gasteiger charge is -2.15. The Morgan fingerprint density at radius 2 is 2.18 bits per heavy atom. The smallest absolute Gasteiger partial charge is 0.124 e. The van der Waals surface area contributed by atoms with E-state index in [4.69, 9.17) is 4.74 Å². The van der Waals surface area contributed by atoms with Gasteiger partial charge in [0.05, 0.1) is 19.7 Å². The van der Waals surface area contributed by atoms with Crippen molar-refractivity contribution in [2.75, 3.05) is 26.2 Å². The molecule has 0 saturated carbocycles. The highest BCUT2D eigenvalue weighted by molar-refractivity contribution is 5.85. The van der Waals surface area contributed by atoms with Gasteiger partial charge in [-0.3, -0.25) is 9.89 Å². The van der Waals surface area contributed by atoms with Crippen molar-refractivity contribution in [1.82, 2.24) is 10.2 Å². The van der Waals surface area contributed by atoms with Gasteiger partial charge in [-0.25, -0.2) is 0 Å². The van der Waals surface area contributed by atoms with E-state index in [0.717, 1.165) is 57.3 Å². The van der Waals surface area contributed by atoms with Gasteiger partial charge in [0, 0.05) is 25.2 Å². The molecular weight excluding hydrogens is 274 g/mol. The zero-order valence-electron chi connectivity index (χ0n) is 14.0. The molecule has 0 spiro atoms. The van der Waals surface area contributed by atoms with Crippen molar-refractivity contribution >= 4 is 5.84 Å². The summed E-state index contributed by atoms with van der Waals surface area (Å²) in [6, 6.07) is 4.49. The van der Waals surface area contributed by atoms with Crippen LogP contribution in [0.5, 0.6) is 5.75 Å². The number of ether oxygens (including phenoxy) is 1. The number of hydrogen-bond donors (Lipinski definition) is 1. The molecule has 0 atom stereocenters. The maximum Gasteiger partial charge on any atom is 0.124 e. The fourth-order valence-corrected chi connectivity index (χ4v) is 3.11. The Kier molecular flexibility index (Phi) is 4.67. The van der Waals surface area contributed by atoms with Gasteiger partial charge in [0.1, 0.15) is 11.6 Å². The van der Waals surface area contributed by atoms with E-state index in [2.05, 4.69) is 48.1 Å². The molecule has 0 saturated heterocycles. The van der Waals surface area contributed by atoms with Gasteiger partial charge in [0.15, 0.2) is 0 Å². The van der Waals surface area contributed by atoms with E-state index >= 15 is 0 Å². The van der Waals surface area contributed by atoms with Crippen LogP contribution in [0.25, 0.3) is 0 Å². The Morgan fingerprint density at radius 3 is 2.91 bits per heavy atom. The third-order valence-corrected chi connectivity index (χ3v) is 4.29. The first-order chi connectivity index (χ1) is 10.6. The first kappa shape index (κ1) is 15.3. The number of amidine groups is 1. The molecule has 4 heteroatoms. The van der Waals surface area contributed by atoms with Crippen molar-refractivity contribution in [3.63, 3.8) is 0 Å². The van der Waals surface area contributed by atoms with E-state index in [1.807, 2.05) is 0 Å². The van der Waals surface area contributed by atoms with Crippen LogP contribution in [0.3, 0.4) is 0 Å². The zero-order valence-corrected chi connectivity index (χ0v) is 14.0. The fourth-order valence-electron chi connectivity index (χ4n) is 3.11. The zero-order chi connectivity index (χ0) is 15.5. The second kappa shape index (κ2) is 6.69. The van der Waals surface area contributed by atoms with E-state index in [1.165, 1.54) is 16.7 Å². The van der Waals surface area contributed by atoms with Crippen molar-refractivity contribution in [1.29, 1.82) is 0 Å². The number of aliphatic imine (C=N–C) groups is 1. The van der Waals surface area contributed by atoms with Crippen LogP contribution in [-0.4, -0.2) is 37.0 Å². The monoisotopic (exact) mass is 301 g/mol. The highest BCUT2D eigenvalue weighted by atomic mass is 16.5. The summed E-state index contributed by atoms with van der Waals surface area (Å²) in [5.41, 5.74) is 4.07. The van der Waals surface area contributed by atoms with Crippen LogP contribution in [0.1, 0.15) is 37.0 Å². The third kappa shape index (κ3) is 3.61. The fraction of sp³-hybridized carbons (Fsp3) is 0.611. The summed E-state index contributed by atoms with van der Waals surface area (Å²) in [7, 11) is 0. The molecule has 0 amide bonds. The molecule has 0 aliphatic carbocycles. The Labute approximate surface area is 133 Å². The molecule has 2 heterocycles. The lowest BCUT2D eigenvalue weighted by Crippen LogP contribution is -2.31. The molecule has 120 valence electrons. The number of benzene rings is 1. The average Bonchev–Trinajstić information content (AvgIpc) is 3.07. The number of hydrogen-bond acceptors (Lipinski definition) is 4. The van der Waals surface area contributed by atoms with Gasteiger partial charge in [-0.15, -0.1) is 0 Å². The van der Waals surface area contributed by atoms with Gasteiger partial charge in [0.25, 0.3) is 0 Å². The second-order valence-corrected chi connectivity index (χ2v) is 6.83. The van der Waals surface area contributed by atoms with E-state index in [1.54, 1.807) is 0 Å². The van der Waals surface area contributed by atoms with Gasteiger partial charge in [-0.1, -0.05) is 19.9 Å². The molecule has 0 bridgehead atoms. The second-order valence-electron chi connectivity index (χ2n) is 6.83. The van der Waals surface area contributed by atoms with E-state index in [0.29, 0.717) is 5.92 Å². The van der Waals surface area contributed by atoms with Gasteiger partial charge in [-0.2, -0.15) is 0 Å². The molecule has 1 aromatic carbocycles. The van der Waals surface area contributed by atoms with E-state index < -0.39 is 0 Å². The average molecular weight is 301 g/mol. The predicted octanol–water partition coefficient (Wildman–Crippen LogP) is 2.74. The Balaban J connectivity index is 1.68. The minimum Gasteiger partial charge on any atom is -0.493 e. The first-order valence-corrected chi connectivity index (χ1v) is 8.36. The molecule has 1 aromatic rings. The maximum atomic E-state index is 6.09. The molecule has 22 heavy (non-hydrogen) atoms. The molecule has 0 fully saturated rings. The largest absolute Gasteiger partial charge is 0.493 e. The van der Waals surface area contributed by atoms with Crippen molar-refractivity contribution in [3.05, 3.63) is 28.8 Å². The van der Waals surface area contributed by atoms with Crippen molar-refractivity contribution in [2.45, 2.75) is 40.3 Å². The summed E-state index contributed by atoms with van der Waals surface area (Å²) >= 11 is 0. The summed E-state index contributed by atoms with van der Waals surface area (Å²) in [6.45, 7) is 12.2. The number of rotatable bonds is 6. The predicted molar refractivity (Wildman–Crippen MR) is 90.5 cm³/mol. The summed E-state index contributed by atoms with van der Waals surface area (Å²) in [6.07, 6.45) is 1.10. The maximum absolute atomic E-state index is 6.09. The first-order valence-electron chi connectivity index (χ1n) is 8.36. The molecule has 2 aliphatic rings. The molecular formula is C18H27N3O. The third-order valence-electron chi connectivity index (χ3n) is 4.29. The minimum absolute atomic E-state index is 0.681. The van der Waals surface area contributed by atoms with Crippen LogP contribution >= 0.6 is 0 Å². The molecule has 2 aliphatic heterocycles. The van der Waals surface area contributed by atoms with Gasteiger partial charge >= 0.3 is 0 Å². The standard InChI is InChI=1S/C18H27N3O/c1-13(2)4-7-22-17-9-14(3)8-15-10-21(11-16(15)17)12-18-19-5-6-20-18/h8-9,13H,4-7,10-12H2,1-3H3,(H,19,20). The lowest BCUT2D eigenvalue weighted by atomic mass is 10.1. The van der Waals surface area contributed by atoms with E-state index in [-0.39, 0.29) is 0 Å². The van der Waals surface area contributed by atoms with Crippen LogP contribution in [0.4, 0.5) is 0 Å². The summed E-state index contributed by atoms with van der Waals surface area (Å²) < 4.78 is 6.09. The van der Waals surface area contributed by atoms with Crippen molar-refractivity contribution in [3.8, 4) is 5.75 Å². The van der Waals surface area contributed by atoms with Crippen LogP contribution in [0, 0.1) is 12.8 Å². The topological polar surface area (TPSA) is 36.9 Å². The van der Waals surface area contributed by atoms with E-state index in [9.17, 15) is 0 Å². The quantitative estimate of drug-likeness (QED) is 0.878. The normalized spacial score (nSPS) is 17.5. The number of nitrogens with zero attached hydrogens (tertiary/aromatic N) is 2. The number of fused-ring (bicyclic) bond motifs is 1. The molecule has 4 nitrogen and oxygen atoms in total. The summed E-state index contributed by atoms with van der Waals surface area (Å²) in [4.78, 5) is 6.94. The Bertz CT molecular complexity index is 566. The van der Waals surface area contributed by atoms with Gasteiger partial charge in [-0.05, 0) is 36.5 Å². The molecule has 0 unspecified atom stereocenters. The molecule has 3 rings (SSSR count). The van der Waals surface area contributed by atoms with Gasteiger partial charge in [0.2, 0.25) is 0 Å². The minimum atomic E-state index is 0.681. The van der Waals surface area contributed by atoms with Crippen molar-refractivity contribution in [2.24, 2.45) is 10.9 Å². The SMILES string of the molecule is Cc1cc2c(c(OCCC(C)C)c1)CN(CC1=NCCN1)C2. The number of nitrogens with one attached hydrogen (secondary N) is 1.